The fourth-order valence-corrected chi connectivity index (χ4v) is 2.63. The molecule has 2 unspecified atom stereocenters. The lowest BCUT2D eigenvalue weighted by Gasteiger charge is -2.24. The number of aliphatic hydroxyl groups is 1. The minimum Gasteiger partial charge on any atom is -0.488 e. The summed E-state index contributed by atoms with van der Waals surface area (Å²) in [7, 11) is 0. The molecule has 20 heavy (non-hydrogen) atoms. The molecule has 1 aromatic carbocycles. The van der Waals surface area contributed by atoms with E-state index in [-0.39, 0.29) is 6.61 Å². The average Bonchev–Trinajstić information content (AvgIpc) is 2.91. The molecule has 0 spiro atoms. The second kappa shape index (κ2) is 6.52. The van der Waals surface area contributed by atoms with Gasteiger partial charge in [0.2, 0.25) is 0 Å². The van der Waals surface area contributed by atoms with Gasteiger partial charge < -0.3 is 15.6 Å². The average molecular weight is 294 g/mol. The highest BCUT2D eigenvalue weighted by Crippen LogP contribution is 2.28. The van der Waals surface area contributed by atoms with Gasteiger partial charge in [-0.05, 0) is 42.4 Å². The Morgan fingerprint density at radius 3 is 3.05 bits per heavy atom. The molecule has 0 bridgehead atoms. The van der Waals surface area contributed by atoms with Crippen molar-refractivity contribution >= 4 is 21.6 Å². The van der Waals surface area contributed by atoms with Crippen molar-refractivity contribution < 1.29 is 9.84 Å². The first-order valence-electron chi connectivity index (χ1n) is 6.99. The number of hydrogen-bond acceptors (Lipinski definition) is 5. The number of fused-ring (bicyclic) bond motifs is 1. The van der Waals surface area contributed by atoms with E-state index in [1.807, 2.05) is 18.2 Å². The summed E-state index contributed by atoms with van der Waals surface area (Å²) < 4.78 is 10.9. The molecule has 0 aliphatic heterocycles. The summed E-state index contributed by atoms with van der Waals surface area (Å²) in [6.45, 7) is 4.40. The van der Waals surface area contributed by atoms with Crippen LogP contribution in [-0.4, -0.2) is 21.8 Å². The van der Waals surface area contributed by atoms with Crippen LogP contribution in [0.1, 0.15) is 33.1 Å². The predicted octanol–water partition coefficient (Wildman–Crippen LogP) is 3.15. The van der Waals surface area contributed by atoms with Gasteiger partial charge in [0.05, 0.1) is 16.3 Å². The molecule has 0 aliphatic carbocycles. The van der Waals surface area contributed by atoms with Gasteiger partial charge in [-0.25, -0.2) is 0 Å². The number of hydrogen-bond donors (Lipinski definition) is 2. The van der Waals surface area contributed by atoms with E-state index < -0.39 is 5.72 Å². The second-order valence-corrected chi connectivity index (χ2v) is 6.27. The molecular formula is C15H22N2O2S. The maximum atomic E-state index is 10.2. The monoisotopic (exact) mass is 294 g/mol. The van der Waals surface area contributed by atoms with Crippen molar-refractivity contribution in [2.24, 2.45) is 11.7 Å². The van der Waals surface area contributed by atoms with Crippen LogP contribution in [0.2, 0.25) is 0 Å². The molecule has 0 aliphatic rings. The third-order valence-electron chi connectivity index (χ3n) is 3.60. The van der Waals surface area contributed by atoms with Gasteiger partial charge in [-0.1, -0.05) is 26.3 Å². The van der Waals surface area contributed by atoms with Crippen LogP contribution in [0.25, 0.3) is 10.1 Å². The SMILES string of the molecule is CCC(C)CCC(N)(O)COc1cccc2sncc12. The quantitative estimate of drug-likeness (QED) is 0.770. The van der Waals surface area contributed by atoms with Gasteiger partial charge >= 0.3 is 0 Å². The molecule has 2 atom stereocenters. The number of aromatic nitrogens is 1. The van der Waals surface area contributed by atoms with Crippen molar-refractivity contribution in [3.63, 3.8) is 0 Å². The van der Waals surface area contributed by atoms with Gasteiger partial charge in [-0.2, -0.15) is 4.37 Å². The molecule has 4 nitrogen and oxygen atoms in total. The Morgan fingerprint density at radius 2 is 2.30 bits per heavy atom. The van der Waals surface area contributed by atoms with E-state index in [2.05, 4.69) is 18.2 Å². The van der Waals surface area contributed by atoms with Gasteiger partial charge in [0, 0.05) is 0 Å². The van der Waals surface area contributed by atoms with Crippen LogP contribution in [0.15, 0.2) is 24.4 Å². The second-order valence-electron chi connectivity index (χ2n) is 5.44. The Balaban J connectivity index is 1.95. The molecule has 0 fully saturated rings. The van der Waals surface area contributed by atoms with Crippen molar-refractivity contribution in [1.29, 1.82) is 0 Å². The highest BCUT2D eigenvalue weighted by molar-refractivity contribution is 7.13. The molecule has 0 amide bonds. The van der Waals surface area contributed by atoms with Crippen molar-refractivity contribution in [1.82, 2.24) is 4.37 Å². The summed E-state index contributed by atoms with van der Waals surface area (Å²) in [6, 6.07) is 5.80. The molecule has 5 heteroatoms. The standard InChI is InChI=1S/C15H22N2O2S/c1-3-11(2)7-8-15(16,18)10-19-13-5-4-6-14-12(13)9-17-20-14/h4-6,9,11,18H,3,7-8,10,16H2,1-2H3. The summed E-state index contributed by atoms with van der Waals surface area (Å²) in [5, 5.41) is 11.2. The lowest BCUT2D eigenvalue weighted by Crippen LogP contribution is -2.45. The van der Waals surface area contributed by atoms with Crippen LogP contribution >= 0.6 is 11.5 Å². The molecule has 2 rings (SSSR count). The fraction of sp³-hybridized carbons (Fsp3) is 0.533. The molecule has 0 saturated carbocycles. The first-order valence-corrected chi connectivity index (χ1v) is 7.76. The zero-order valence-corrected chi connectivity index (χ0v) is 12.8. The first kappa shape index (κ1) is 15.2. The van der Waals surface area contributed by atoms with E-state index in [0.29, 0.717) is 12.3 Å². The summed E-state index contributed by atoms with van der Waals surface area (Å²) in [6.07, 6.45) is 4.32. The van der Waals surface area contributed by atoms with Crippen LogP contribution in [0.3, 0.4) is 0 Å². The molecule has 3 N–H and O–H groups in total. The molecule has 1 aromatic heterocycles. The van der Waals surface area contributed by atoms with Crippen LogP contribution in [-0.2, 0) is 0 Å². The van der Waals surface area contributed by atoms with E-state index in [1.54, 1.807) is 6.20 Å². The minimum atomic E-state index is -1.28. The van der Waals surface area contributed by atoms with Gasteiger partial charge in [-0.3, -0.25) is 0 Å². The Labute approximate surface area is 123 Å². The molecule has 2 aromatic rings. The summed E-state index contributed by atoms with van der Waals surface area (Å²) in [5.41, 5.74) is 4.62. The number of rotatable bonds is 7. The molecular weight excluding hydrogens is 272 g/mol. The van der Waals surface area contributed by atoms with Gasteiger partial charge in [0.15, 0.2) is 0 Å². The smallest absolute Gasteiger partial charge is 0.147 e. The molecule has 0 radical (unpaired) electrons. The first-order chi connectivity index (χ1) is 9.52. The predicted molar refractivity (Wildman–Crippen MR) is 82.9 cm³/mol. The van der Waals surface area contributed by atoms with Crippen LogP contribution in [0.4, 0.5) is 0 Å². The van der Waals surface area contributed by atoms with E-state index in [4.69, 9.17) is 10.5 Å². The van der Waals surface area contributed by atoms with Crippen molar-refractivity contribution in [3.05, 3.63) is 24.4 Å². The number of benzene rings is 1. The molecule has 1 heterocycles. The normalized spacial score (nSPS) is 16.0. The Bertz CT molecular complexity index is 554. The Morgan fingerprint density at radius 1 is 1.50 bits per heavy atom. The van der Waals surface area contributed by atoms with Crippen molar-refractivity contribution in [2.45, 2.75) is 38.8 Å². The topological polar surface area (TPSA) is 68.4 Å². The number of ether oxygens (including phenoxy) is 1. The highest BCUT2D eigenvalue weighted by Gasteiger charge is 2.23. The van der Waals surface area contributed by atoms with Crippen LogP contribution in [0.5, 0.6) is 5.75 Å². The van der Waals surface area contributed by atoms with Gasteiger partial charge in [-0.15, -0.1) is 0 Å². The third kappa shape index (κ3) is 3.91. The van der Waals surface area contributed by atoms with Crippen LogP contribution < -0.4 is 10.5 Å². The third-order valence-corrected chi connectivity index (χ3v) is 4.37. The Kier molecular flexibility index (Phi) is 4.96. The zero-order chi connectivity index (χ0) is 14.6. The lowest BCUT2D eigenvalue weighted by molar-refractivity contribution is -0.0107. The largest absolute Gasteiger partial charge is 0.488 e. The summed E-state index contributed by atoms with van der Waals surface area (Å²) >= 11 is 1.43. The number of nitrogens with two attached hydrogens (primary N) is 1. The maximum Gasteiger partial charge on any atom is 0.147 e. The minimum absolute atomic E-state index is 0.0956. The summed E-state index contributed by atoms with van der Waals surface area (Å²) in [4.78, 5) is 0. The van der Waals surface area contributed by atoms with Crippen LogP contribution in [0, 0.1) is 5.92 Å². The Hall–Kier alpha value is -1.17. The van der Waals surface area contributed by atoms with Crippen molar-refractivity contribution in [2.75, 3.05) is 6.61 Å². The lowest BCUT2D eigenvalue weighted by atomic mass is 9.98. The zero-order valence-electron chi connectivity index (χ0n) is 12.0. The van der Waals surface area contributed by atoms with E-state index in [9.17, 15) is 5.11 Å². The van der Waals surface area contributed by atoms with Gasteiger partial charge in [0.25, 0.3) is 0 Å². The summed E-state index contributed by atoms with van der Waals surface area (Å²) in [5.74, 6) is 1.29. The molecule has 0 saturated heterocycles. The van der Waals surface area contributed by atoms with E-state index in [1.165, 1.54) is 11.5 Å². The maximum absolute atomic E-state index is 10.2. The fourth-order valence-electron chi connectivity index (χ4n) is 1.97. The van der Waals surface area contributed by atoms with E-state index in [0.717, 1.165) is 28.7 Å². The van der Waals surface area contributed by atoms with Gasteiger partial charge in [0.1, 0.15) is 18.1 Å². The van der Waals surface area contributed by atoms with Crippen molar-refractivity contribution in [3.8, 4) is 5.75 Å². The highest BCUT2D eigenvalue weighted by atomic mass is 32.1. The number of nitrogens with zero attached hydrogens (tertiary/aromatic N) is 1. The van der Waals surface area contributed by atoms with E-state index >= 15 is 0 Å². The molecule has 110 valence electrons.